The van der Waals surface area contributed by atoms with Crippen LogP contribution >= 0.6 is 11.3 Å². The second-order valence-corrected chi connectivity index (χ2v) is 5.37. The molecule has 0 aliphatic carbocycles. The molecule has 2 N–H and O–H groups in total. The lowest BCUT2D eigenvalue weighted by Crippen LogP contribution is -2.32. The molecule has 0 radical (unpaired) electrons. The van der Waals surface area contributed by atoms with Gasteiger partial charge in [-0.05, 0) is 43.3 Å². The molecule has 3 nitrogen and oxygen atoms in total. The Morgan fingerprint density at radius 2 is 2.18 bits per heavy atom. The first-order chi connectivity index (χ1) is 8.13. The smallest absolute Gasteiger partial charge is 0.101 e. The topological polar surface area (TPSA) is 43.8 Å². The van der Waals surface area contributed by atoms with Gasteiger partial charge in [-0.25, -0.2) is 0 Å². The van der Waals surface area contributed by atoms with Gasteiger partial charge in [-0.1, -0.05) is 6.92 Å². The fourth-order valence-corrected chi connectivity index (χ4v) is 3.10. The molecule has 0 saturated carbocycles. The number of thiophene rings is 1. The first-order valence-electron chi connectivity index (χ1n) is 5.94. The molecule has 2 aromatic rings. The predicted octanol–water partition coefficient (Wildman–Crippen LogP) is 2.89. The summed E-state index contributed by atoms with van der Waals surface area (Å²) in [5.74, 6) is 0. The van der Waals surface area contributed by atoms with Gasteiger partial charge in [0.1, 0.15) is 6.04 Å². The maximum Gasteiger partial charge on any atom is 0.101 e. The van der Waals surface area contributed by atoms with Gasteiger partial charge in [-0.2, -0.15) is 5.10 Å². The van der Waals surface area contributed by atoms with Gasteiger partial charge in [0.15, 0.2) is 0 Å². The molecule has 2 unspecified atom stereocenters. The van der Waals surface area contributed by atoms with Crippen LogP contribution in [0.1, 0.15) is 35.5 Å². The summed E-state index contributed by atoms with van der Waals surface area (Å²) in [6.45, 7) is 6.26. The molecule has 0 spiro atoms. The van der Waals surface area contributed by atoms with Gasteiger partial charge >= 0.3 is 0 Å². The zero-order chi connectivity index (χ0) is 12.4. The van der Waals surface area contributed by atoms with E-state index in [4.69, 9.17) is 5.73 Å². The van der Waals surface area contributed by atoms with Crippen molar-refractivity contribution in [3.63, 3.8) is 0 Å². The number of nitrogens with two attached hydrogens (primary N) is 1. The Morgan fingerprint density at radius 3 is 2.65 bits per heavy atom. The number of hydrogen-bond acceptors (Lipinski definition) is 3. The molecule has 2 aromatic heterocycles. The highest BCUT2D eigenvalue weighted by Crippen LogP contribution is 2.29. The average molecular weight is 249 g/mol. The van der Waals surface area contributed by atoms with E-state index in [9.17, 15) is 0 Å². The van der Waals surface area contributed by atoms with Crippen LogP contribution in [0.3, 0.4) is 0 Å². The lowest BCUT2D eigenvalue weighted by atomic mass is 10.0. The number of hydrogen-bond donors (Lipinski definition) is 1. The van der Waals surface area contributed by atoms with E-state index in [1.807, 2.05) is 23.9 Å². The maximum atomic E-state index is 6.26. The van der Waals surface area contributed by atoms with Gasteiger partial charge in [0.25, 0.3) is 0 Å². The van der Waals surface area contributed by atoms with Crippen LogP contribution in [0.5, 0.6) is 0 Å². The molecule has 0 aliphatic heterocycles. The largest absolute Gasteiger partial charge is 0.326 e. The Labute approximate surface area is 106 Å². The van der Waals surface area contributed by atoms with Crippen molar-refractivity contribution in [3.8, 4) is 0 Å². The SMILES string of the molecule is CCC(N)C(c1sccc1C)n1ccc(C)n1. The van der Waals surface area contributed by atoms with Crippen LogP contribution in [-0.4, -0.2) is 15.8 Å². The summed E-state index contributed by atoms with van der Waals surface area (Å²) in [6, 6.07) is 4.43. The van der Waals surface area contributed by atoms with Crippen molar-refractivity contribution in [2.24, 2.45) is 5.73 Å². The third-order valence-corrected chi connectivity index (χ3v) is 4.16. The number of rotatable bonds is 4. The van der Waals surface area contributed by atoms with Gasteiger partial charge in [0.05, 0.1) is 5.69 Å². The minimum absolute atomic E-state index is 0.103. The molecule has 0 aromatic carbocycles. The Balaban J connectivity index is 2.42. The summed E-state index contributed by atoms with van der Waals surface area (Å²) in [5, 5.41) is 6.64. The number of aryl methyl sites for hydroxylation is 2. The fraction of sp³-hybridized carbons (Fsp3) is 0.462. The third-order valence-electron chi connectivity index (χ3n) is 3.07. The van der Waals surface area contributed by atoms with E-state index in [-0.39, 0.29) is 12.1 Å². The summed E-state index contributed by atoms with van der Waals surface area (Å²) in [7, 11) is 0. The molecular formula is C13H19N3S. The molecule has 92 valence electrons. The second kappa shape index (κ2) is 5.02. The molecular weight excluding hydrogens is 230 g/mol. The van der Waals surface area contributed by atoms with E-state index in [2.05, 4.69) is 30.4 Å². The highest BCUT2D eigenvalue weighted by atomic mass is 32.1. The van der Waals surface area contributed by atoms with Crippen LogP contribution in [0.4, 0.5) is 0 Å². The van der Waals surface area contributed by atoms with E-state index >= 15 is 0 Å². The van der Waals surface area contributed by atoms with Crippen molar-refractivity contribution in [2.45, 2.75) is 39.3 Å². The minimum Gasteiger partial charge on any atom is -0.326 e. The quantitative estimate of drug-likeness (QED) is 0.905. The van der Waals surface area contributed by atoms with Gasteiger partial charge in [-0.15, -0.1) is 11.3 Å². The first-order valence-corrected chi connectivity index (χ1v) is 6.82. The average Bonchev–Trinajstić information content (AvgIpc) is 2.90. The number of nitrogens with zero attached hydrogens (tertiary/aromatic N) is 2. The van der Waals surface area contributed by atoms with Gasteiger partial charge in [0, 0.05) is 17.1 Å². The second-order valence-electron chi connectivity index (χ2n) is 4.42. The van der Waals surface area contributed by atoms with E-state index in [0.29, 0.717) is 0 Å². The van der Waals surface area contributed by atoms with Crippen LogP contribution in [0, 0.1) is 13.8 Å². The standard InChI is InChI=1S/C13H19N3S/c1-4-11(14)12(13-9(2)6-8-17-13)16-7-5-10(3)15-16/h5-8,11-12H,4,14H2,1-3H3. The summed E-state index contributed by atoms with van der Waals surface area (Å²) in [6.07, 6.45) is 2.97. The predicted molar refractivity (Wildman–Crippen MR) is 72.4 cm³/mol. The van der Waals surface area contributed by atoms with Crippen LogP contribution < -0.4 is 5.73 Å². The molecule has 2 atom stereocenters. The van der Waals surface area contributed by atoms with E-state index in [1.165, 1.54) is 10.4 Å². The molecule has 2 heterocycles. The van der Waals surface area contributed by atoms with Crippen LogP contribution in [0.15, 0.2) is 23.7 Å². The van der Waals surface area contributed by atoms with E-state index in [1.54, 1.807) is 11.3 Å². The van der Waals surface area contributed by atoms with Gasteiger partial charge in [0.2, 0.25) is 0 Å². The Kier molecular flexibility index (Phi) is 3.64. The van der Waals surface area contributed by atoms with Crippen LogP contribution in [0.25, 0.3) is 0 Å². The Morgan fingerprint density at radius 1 is 1.41 bits per heavy atom. The van der Waals surface area contributed by atoms with Crippen molar-refractivity contribution in [2.75, 3.05) is 0 Å². The van der Waals surface area contributed by atoms with E-state index < -0.39 is 0 Å². The van der Waals surface area contributed by atoms with Crippen molar-refractivity contribution >= 4 is 11.3 Å². The van der Waals surface area contributed by atoms with Crippen LogP contribution in [-0.2, 0) is 0 Å². The third kappa shape index (κ3) is 2.42. The molecule has 2 rings (SSSR count). The monoisotopic (exact) mass is 249 g/mol. The Hall–Kier alpha value is -1.13. The van der Waals surface area contributed by atoms with Crippen molar-refractivity contribution < 1.29 is 0 Å². The Bertz CT molecular complexity index is 486. The van der Waals surface area contributed by atoms with Crippen molar-refractivity contribution in [1.82, 2.24) is 9.78 Å². The fourth-order valence-electron chi connectivity index (χ4n) is 2.01. The molecule has 0 bridgehead atoms. The lowest BCUT2D eigenvalue weighted by molar-refractivity contribution is 0.427. The maximum absolute atomic E-state index is 6.26. The van der Waals surface area contributed by atoms with E-state index in [0.717, 1.165) is 12.1 Å². The molecule has 0 aliphatic rings. The zero-order valence-electron chi connectivity index (χ0n) is 10.6. The summed E-state index contributed by atoms with van der Waals surface area (Å²) in [4.78, 5) is 1.32. The molecule has 0 amide bonds. The van der Waals surface area contributed by atoms with Gasteiger partial charge < -0.3 is 5.73 Å². The molecule has 17 heavy (non-hydrogen) atoms. The summed E-state index contributed by atoms with van der Waals surface area (Å²) < 4.78 is 2.00. The molecule has 4 heteroatoms. The van der Waals surface area contributed by atoms with Crippen molar-refractivity contribution in [1.29, 1.82) is 0 Å². The zero-order valence-corrected chi connectivity index (χ0v) is 11.4. The lowest BCUT2D eigenvalue weighted by Gasteiger charge is -2.23. The van der Waals surface area contributed by atoms with Crippen molar-refractivity contribution in [3.05, 3.63) is 39.8 Å². The summed E-state index contributed by atoms with van der Waals surface area (Å²) >= 11 is 1.76. The highest BCUT2D eigenvalue weighted by Gasteiger charge is 2.23. The minimum atomic E-state index is 0.103. The molecule has 0 saturated heterocycles. The summed E-state index contributed by atoms with van der Waals surface area (Å²) in [5.41, 5.74) is 8.60. The normalized spacial score (nSPS) is 14.8. The van der Waals surface area contributed by atoms with Gasteiger partial charge in [-0.3, -0.25) is 4.68 Å². The number of aromatic nitrogens is 2. The first kappa shape index (κ1) is 12.3. The van der Waals surface area contributed by atoms with Crippen LogP contribution in [0.2, 0.25) is 0 Å². The highest BCUT2D eigenvalue weighted by molar-refractivity contribution is 7.10. The molecule has 0 fully saturated rings.